The van der Waals surface area contributed by atoms with Gasteiger partial charge in [-0.05, 0) is 43.2 Å². The average Bonchev–Trinajstić information content (AvgIpc) is 3.16. The molecule has 1 atom stereocenters. The summed E-state index contributed by atoms with van der Waals surface area (Å²) in [5.41, 5.74) is 2.35. The number of cyclic esters (lactones) is 2. The van der Waals surface area contributed by atoms with Gasteiger partial charge < -0.3 is 23.9 Å². The number of aromatic nitrogens is 1. The van der Waals surface area contributed by atoms with E-state index >= 15 is 0 Å². The largest absolute Gasteiger partial charge is 0.490 e. The van der Waals surface area contributed by atoms with Gasteiger partial charge >= 0.3 is 11.9 Å². The highest BCUT2D eigenvalue weighted by molar-refractivity contribution is 9.10. The number of aromatic amines is 1. The van der Waals surface area contributed by atoms with Crippen molar-refractivity contribution in [3.63, 3.8) is 0 Å². The van der Waals surface area contributed by atoms with Gasteiger partial charge in [0.25, 0.3) is 5.79 Å². The molecule has 1 aliphatic rings. The lowest BCUT2D eigenvalue weighted by atomic mass is 9.79. The first-order valence-corrected chi connectivity index (χ1v) is 11.7. The van der Waals surface area contributed by atoms with Gasteiger partial charge in [0.2, 0.25) is 0 Å². The first-order chi connectivity index (χ1) is 15.8. The zero-order valence-electron chi connectivity index (χ0n) is 18.9. The quantitative estimate of drug-likeness (QED) is 0.338. The van der Waals surface area contributed by atoms with E-state index in [2.05, 4.69) is 20.9 Å². The smallest absolute Gasteiger partial charge is 0.324 e. The molecule has 7 nitrogen and oxygen atoms in total. The van der Waals surface area contributed by atoms with Gasteiger partial charge in [0.15, 0.2) is 17.4 Å². The predicted octanol–water partition coefficient (Wildman–Crippen LogP) is 5.31. The van der Waals surface area contributed by atoms with Crippen molar-refractivity contribution in [2.45, 2.75) is 39.4 Å². The number of rotatable bonds is 7. The molecule has 1 N–H and O–H groups in total. The highest BCUT2D eigenvalue weighted by Crippen LogP contribution is 2.46. The monoisotopic (exact) mass is 515 g/mol. The van der Waals surface area contributed by atoms with Crippen LogP contribution in [0.1, 0.15) is 44.7 Å². The molecule has 0 bridgehead atoms. The number of fused-ring (bicyclic) bond motifs is 1. The van der Waals surface area contributed by atoms with Gasteiger partial charge in [0.05, 0.1) is 13.2 Å². The topological polar surface area (TPSA) is 86.9 Å². The maximum absolute atomic E-state index is 13.2. The highest BCUT2D eigenvalue weighted by atomic mass is 79.9. The molecule has 0 saturated carbocycles. The number of esters is 2. The van der Waals surface area contributed by atoms with E-state index in [1.807, 2.05) is 50.4 Å². The van der Waals surface area contributed by atoms with E-state index in [1.54, 1.807) is 19.9 Å². The first kappa shape index (κ1) is 23.2. The van der Waals surface area contributed by atoms with Gasteiger partial charge in [0, 0.05) is 41.3 Å². The number of H-pyrrole nitrogens is 1. The Morgan fingerprint density at radius 1 is 1.00 bits per heavy atom. The Morgan fingerprint density at radius 3 is 2.24 bits per heavy atom. The molecule has 3 aromatic rings. The zero-order valence-corrected chi connectivity index (χ0v) is 20.5. The number of hydrogen-bond donors (Lipinski definition) is 1. The molecule has 1 fully saturated rings. The Morgan fingerprint density at radius 2 is 1.61 bits per heavy atom. The van der Waals surface area contributed by atoms with Gasteiger partial charge in [-0.25, -0.2) is 0 Å². The molecule has 0 unspecified atom stereocenters. The summed E-state index contributed by atoms with van der Waals surface area (Å²) >= 11 is 3.63. The third kappa shape index (κ3) is 4.44. The fraction of sp³-hybridized carbons (Fsp3) is 0.360. The van der Waals surface area contributed by atoms with E-state index < -0.39 is 29.6 Å². The van der Waals surface area contributed by atoms with Gasteiger partial charge in [-0.1, -0.05) is 34.1 Å². The van der Waals surface area contributed by atoms with E-state index in [-0.39, 0.29) is 0 Å². The molecule has 0 amide bonds. The standard InChI is InChI=1S/C25H26BrNO6/c1-5-30-19-11-15(17(26)12-20(19)31-6-2)21(16-13-27-18-10-8-7-9-14(16)18)22-23(28)32-25(3,4)33-24(22)29/h7-13,21-22,27H,5-6H2,1-4H3/t21-/m0/s1. The van der Waals surface area contributed by atoms with Crippen LogP contribution in [0.5, 0.6) is 11.5 Å². The van der Waals surface area contributed by atoms with Crippen molar-refractivity contribution < 1.29 is 28.5 Å². The number of carbonyl (C=O) groups is 2. The van der Waals surface area contributed by atoms with Crippen LogP contribution in [0.15, 0.2) is 47.1 Å². The van der Waals surface area contributed by atoms with E-state index in [0.717, 1.165) is 16.5 Å². The average molecular weight is 516 g/mol. The van der Waals surface area contributed by atoms with Crippen LogP contribution in [0, 0.1) is 5.92 Å². The molecule has 1 aliphatic heterocycles. The lowest BCUT2D eigenvalue weighted by molar-refractivity contribution is -0.240. The van der Waals surface area contributed by atoms with E-state index in [1.165, 1.54) is 0 Å². The third-order valence-corrected chi connectivity index (χ3v) is 6.17. The number of para-hydroxylation sites is 1. The lowest BCUT2D eigenvalue weighted by Crippen LogP contribution is -2.48. The Balaban J connectivity index is 1.93. The Labute approximate surface area is 200 Å². The minimum atomic E-state index is -1.32. The van der Waals surface area contributed by atoms with Crippen molar-refractivity contribution in [1.82, 2.24) is 4.98 Å². The molecule has 1 aromatic heterocycles. The molecule has 0 spiro atoms. The van der Waals surface area contributed by atoms with Gasteiger partial charge in [0.1, 0.15) is 0 Å². The van der Waals surface area contributed by atoms with Crippen LogP contribution in [-0.2, 0) is 19.1 Å². The summed E-state index contributed by atoms with van der Waals surface area (Å²) in [6, 6.07) is 11.3. The second-order valence-electron chi connectivity index (χ2n) is 8.17. The molecule has 1 saturated heterocycles. The summed E-state index contributed by atoms with van der Waals surface area (Å²) in [6.07, 6.45) is 1.82. The maximum atomic E-state index is 13.2. The summed E-state index contributed by atoms with van der Waals surface area (Å²) in [5.74, 6) is -3.37. The molecular weight excluding hydrogens is 490 g/mol. The van der Waals surface area contributed by atoms with Crippen LogP contribution >= 0.6 is 15.9 Å². The number of hydrogen-bond acceptors (Lipinski definition) is 6. The van der Waals surface area contributed by atoms with Crippen LogP contribution in [0.25, 0.3) is 10.9 Å². The van der Waals surface area contributed by atoms with Crippen LogP contribution in [-0.4, -0.2) is 35.9 Å². The Kier molecular flexibility index (Phi) is 6.38. The molecule has 8 heteroatoms. The van der Waals surface area contributed by atoms with Gasteiger partial charge in [-0.3, -0.25) is 9.59 Å². The summed E-state index contributed by atoms with van der Waals surface area (Å²) < 4.78 is 23.2. The molecule has 33 heavy (non-hydrogen) atoms. The number of nitrogens with one attached hydrogen (secondary N) is 1. The number of ether oxygens (including phenoxy) is 4. The molecular formula is C25H26BrNO6. The minimum Gasteiger partial charge on any atom is -0.490 e. The second kappa shape index (κ2) is 9.09. The Hall–Kier alpha value is -3.00. The van der Waals surface area contributed by atoms with Crippen LogP contribution in [0.4, 0.5) is 0 Å². The van der Waals surface area contributed by atoms with Crippen molar-refractivity contribution in [3.8, 4) is 11.5 Å². The number of benzene rings is 2. The predicted molar refractivity (Wildman–Crippen MR) is 126 cm³/mol. The van der Waals surface area contributed by atoms with Crippen molar-refractivity contribution in [1.29, 1.82) is 0 Å². The molecule has 0 radical (unpaired) electrons. The maximum Gasteiger partial charge on any atom is 0.324 e. The molecule has 4 rings (SSSR count). The molecule has 2 aromatic carbocycles. The fourth-order valence-electron chi connectivity index (χ4n) is 4.20. The van der Waals surface area contributed by atoms with Crippen molar-refractivity contribution in [2.75, 3.05) is 13.2 Å². The molecule has 0 aliphatic carbocycles. The summed E-state index contributed by atoms with van der Waals surface area (Å²) in [5, 5.41) is 0.895. The first-order valence-electron chi connectivity index (χ1n) is 10.9. The SMILES string of the molecule is CCOc1cc(Br)c([C@@H](c2c[nH]c3ccccc23)C2C(=O)OC(C)(C)OC2=O)cc1OCC. The van der Waals surface area contributed by atoms with Gasteiger partial charge in [-0.2, -0.15) is 0 Å². The molecule has 174 valence electrons. The van der Waals surface area contributed by atoms with Crippen LogP contribution in [0.2, 0.25) is 0 Å². The normalized spacial score (nSPS) is 16.9. The van der Waals surface area contributed by atoms with Crippen molar-refractivity contribution >= 4 is 38.8 Å². The third-order valence-electron chi connectivity index (χ3n) is 5.49. The summed E-state index contributed by atoms with van der Waals surface area (Å²) in [4.78, 5) is 29.5. The van der Waals surface area contributed by atoms with Crippen molar-refractivity contribution in [3.05, 3.63) is 58.2 Å². The highest BCUT2D eigenvalue weighted by Gasteiger charge is 2.49. The fourth-order valence-corrected chi connectivity index (χ4v) is 4.77. The van der Waals surface area contributed by atoms with E-state index in [0.29, 0.717) is 34.7 Å². The van der Waals surface area contributed by atoms with E-state index in [4.69, 9.17) is 18.9 Å². The Bertz CT molecular complexity index is 1180. The zero-order chi connectivity index (χ0) is 23.8. The van der Waals surface area contributed by atoms with E-state index in [9.17, 15) is 9.59 Å². The van der Waals surface area contributed by atoms with Crippen LogP contribution < -0.4 is 9.47 Å². The van der Waals surface area contributed by atoms with Crippen LogP contribution in [0.3, 0.4) is 0 Å². The van der Waals surface area contributed by atoms with Gasteiger partial charge in [-0.15, -0.1) is 0 Å². The van der Waals surface area contributed by atoms with Crippen molar-refractivity contribution in [2.24, 2.45) is 5.92 Å². The summed E-state index contributed by atoms with van der Waals surface area (Å²) in [6.45, 7) is 7.75. The second-order valence-corrected chi connectivity index (χ2v) is 9.03. The minimum absolute atomic E-state index is 0.431. The molecule has 2 heterocycles. The summed E-state index contributed by atoms with van der Waals surface area (Å²) in [7, 11) is 0. The number of halogens is 1. The number of carbonyl (C=O) groups excluding carboxylic acids is 2. The lowest BCUT2D eigenvalue weighted by Gasteiger charge is -2.36.